The van der Waals surface area contributed by atoms with Crippen molar-refractivity contribution in [2.75, 3.05) is 0 Å². The van der Waals surface area contributed by atoms with E-state index in [-0.39, 0.29) is 28.5 Å². The van der Waals surface area contributed by atoms with Gasteiger partial charge in [0.15, 0.2) is 0 Å². The quantitative estimate of drug-likeness (QED) is 0.864. The minimum atomic E-state index is -4.46. The van der Waals surface area contributed by atoms with Crippen LogP contribution in [0.2, 0.25) is 0 Å². The summed E-state index contributed by atoms with van der Waals surface area (Å²) in [7, 11) is 0. The Bertz CT molecular complexity index is 649. The van der Waals surface area contributed by atoms with E-state index in [1.54, 1.807) is 0 Å². The van der Waals surface area contributed by atoms with Crippen molar-refractivity contribution in [2.45, 2.75) is 38.9 Å². The predicted molar refractivity (Wildman–Crippen MR) is 76.4 cm³/mol. The van der Waals surface area contributed by atoms with Crippen LogP contribution in [0.4, 0.5) is 13.2 Å². The van der Waals surface area contributed by atoms with Crippen LogP contribution in [0.15, 0.2) is 29.4 Å². The lowest BCUT2D eigenvalue weighted by molar-refractivity contribution is -0.138. The highest BCUT2D eigenvalue weighted by atomic mass is 19.4. The smallest absolute Gasteiger partial charge is 0.306 e. The summed E-state index contributed by atoms with van der Waals surface area (Å²) in [4.78, 5) is 12.4. The number of benzene rings is 1. The molecule has 1 aliphatic carbocycles. The summed E-state index contributed by atoms with van der Waals surface area (Å²) in [5.74, 6) is -0.626. The second-order valence-corrected chi connectivity index (χ2v) is 6.77. The number of Topliss-reactive ketones (excluding diaryl/α,β-unsaturated/α-hetero) is 1. The summed E-state index contributed by atoms with van der Waals surface area (Å²) in [5, 5.41) is 4.09. The molecule has 1 aromatic rings. The third kappa shape index (κ3) is 2.51. The molecule has 2 atom stereocenters. The number of rotatable bonds is 1. The third-order valence-corrected chi connectivity index (χ3v) is 4.33. The summed E-state index contributed by atoms with van der Waals surface area (Å²) < 4.78 is 39.6. The van der Waals surface area contributed by atoms with Gasteiger partial charge in [-0.2, -0.15) is 18.3 Å². The first-order valence-corrected chi connectivity index (χ1v) is 7.21. The molecule has 1 fully saturated rings. The Balaban J connectivity index is 2.00. The van der Waals surface area contributed by atoms with Crippen LogP contribution >= 0.6 is 0 Å². The lowest BCUT2D eigenvalue weighted by Crippen LogP contribution is -2.45. The first kappa shape index (κ1) is 15.1. The van der Waals surface area contributed by atoms with Crippen molar-refractivity contribution >= 4 is 11.5 Å². The fourth-order valence-electron chi connectivity index (χ4n) is 3.46. The Morgan fingerprint density at radius 2 is 1.95 bits per heavy atom. The molecule has 1 aliphatic heterocycles. The van der Waals surface area contributed by atoms with Crippen LogP contribution in [0, 0.1) is 11.3 Å². The van der Waals surface area contributed by atoms with Gasteiger partial charge in [0.05, 0.1) is 23.2 Å². The Labute approximate surface area is 126 Å². The fourth-order valence-corrected chi connectivity index (χ4v) is 3.46. The van der Waals surface area contributed by atoms with Crippen molar-refractivity contribution < 1.29 is 18.0 Å². The number of hydrazone groups is 1. The molecule has 0 spiro atoms. The van der Waals surface area contributed by atoms with Crippen LogP contribution in [0.1, 0.15) is 37.8 Å². The number of fused-ring (bicyclic) bond motifs is 1. The number of hydrogen-bond donors (Lipinski definition) is 1. The molecule has 118 valence electrons. The molecular weight excluding hydrogens is 293 g/mol. The lowest BCUT2D eigenvalue weighted by atomic mass is 9.68. The minimum absolute atomic E-state index is 0.00283. The molecule has 2 aliphatic rings. The molecule has 2 unspecified atom stereocenters. The van der Waals surface area contributed by atoms with Gasteiger partial charge < -0.3 is 5.43 Å². The van der Waals surface area contributed by atoms with Gasteiger partial charge in [0.2, 0.25) is 0 Å². The van der Waals surface area contributed by atoms with E-state index in [0.29, 0.717) is 12.8 Å². The molecule has 0 bridgehead atoms. The average molecular weight is 310 g/mol. The number of ketones is 1. The standard InChI is InChI=1S/C16H17F3N2O/c1-15(2)7-11-13(12(22)8-15)14(21-20-11)9-5-3-4-6-10(9)16(17,18)19/h3-6,11,13,20H,7-8H2,1-2H3. The van der Waals surface area contributed by atoms with E-state index >= 15 is 0 Å². The minimum Gasteiger partial charge on any atom is -0.306 e. The third-order valence-electron chi connectivity index (χ3n) is 4.33. The van der Waals surface area contributed by atoms with E-state index in [1.165, 1.54) is 18.2 Å². The number of hydrogen-bond acceptors (Lipinski definition) is 3. The molecule has 0 saturated heterocycles. The maximum atomic E-state index is 13.2. The molecular formula is C16H17F3N2O. The number of halogens is 3. The van der Waals surface area contributed by atoms with Gasteiger partial charge in [-0.25, -0.2) is 0 Å². The largest absolute Gasteiger partial charge is 0.417 e. The van der Waals surface area contributed by atoms with Gasteiger partial charge in [0.25, 0.3) is 0 Å². The van der Waals surface area contributed by atoms with Crippen molar-refractivity contribution in [2.24, 2.45) is 16.4 Å². The highest BCUT2D eigenvalue weighted by Crippen LogP contribution is 2.41. The van der Waals surface area contributed by atoms with E-state index in [2.05, 4.69) is 10.5 Å². The first-order chi connectivity index (χ1) is 10.2. The topological polar surface area (TPSA) is 41.5 Å². The monoisotopic (exact) mass is 310 g/mol. The highest BCUT2D eigenvalue weighted by Gasteiger charge is 2.47. The van der Waals surface area contributed by atoms with Crippen molar-refractivity contribution in [3.63, 3.8) is 0 Å². The Morgan fingerprint density at radius 1 is 1.27 bits per heavy atom. The zero-order valence-corrected chi connectivity index (χ0v) is 12.4. The van der Waals surface area contributed by atoms with E-state index in [4.69, 9.17) is 0 Å². The van der Waals surface area contributed by atoms with Gasteiger partial charge in [-0.3, -0.25) is 4.79 Å². The number of carbonyl (C=O) groups is 1. The molecule has 0 aromatic heterocycles. The van der Waals surface area contributed by atoms with E-state index in [9.17, 15) is 18.0 Å². The SMILES string of the molecule is CC1(C)CC(=O)C2C(c3ccccc3C(F)(F)F)=NNC2C1. The second kappa shape index (κ2) is 4.83. The summed E-state index contributed by atoms with van der Waals surface area (Å²) in [6, 6.07) is 5.09. The van der Waals surface area contributed by atoms with Crippen LogP contribution in [0.25, 0.3) is 0 Å². The Morgan fingerprint density at radius 3 is 2.64 bits per heavy atom. The lowest BCUT2D eigenvalue weighted by Gasteiger charge is -2.36. The van der Waals surface area contributed by atoms with Gasteiger partial charge in [0.1, 0.15) is 5.78 Å². The van der Waals surface area contributed by atoms with Gasteiger partial charge in [-0.15, -0.1) is 0 Å². The summed E-state index contributed by atoms with van der Waals surface area (Å²) in [5.41, 5.74) is 2.20. The normalized spacial score (nSPS) is 27.1. The predicted octanol–water partition coefficient (Wildman–Crippen LogP) is 3.39. The molecule has 1 saturated carbocycles. The van der Waals surface area contributed by atoms with Gasteiger partial charge in [-0.05, 0) is 17.9 Å². The molecule has 0 amide bonds. The van der Waals surface area contributed by atoms with Crippen molar-refractivity contribution in [3.8, 4) is 0 Å². The van der Waals surface area contributed by atoms with Crippen LogP contribution in [-0.2, 0) is 11.0 Å². The van der Waals surface area contributed by atoms with Crippen LogP contribution in [-0.4, -0.2) is 17.5 Å². The van der Waals surface area contributed by atoms with Gasteiger partial charge in [-0.1, -0.05) is 32.0 Å². The van der Waals surface area contributed by atoms with E-state index in [1.807, 2.05) is 13.8 Å². The second-order valence-electron chi connectivity index (χ2n) is 6.77. The molecule has 3 rings (SSSR count). The van der Waals surface area contributed by atoms with Crippen molar-refractivity contribution in [1.29, 1.82) is 0 Å². The van der Waals surface area contributed by atoms with Crippen LogP contribution in [0.3, 0.4) is 0 Å². The van der Waals surface area contributed by atoms with Gasteiger partial charge in [0, 0.05) is 12.0 Å². The maximum absolute atomic E-state index is 13.2. The summed E-state index contributed by atoms with van der Waals surface area (Å²) in [6.45, 7) is 3.98. The zero-order valence-electron chi connectivity index (χ0n) is 12.4. The molecule has 22 heavy (non-hydrogen) atoms. The molecule has 6 heteroatoms. The highest BCUT2D eigenvalue weighted by molar-refractivity contribution is 6.16. The first-order valence-electron chi connectivity index (χ1n) is 7.21. The van der Waals surface area contributed by atoms with Crippen molar-refractivity contribution in [3.05, 3.63) is 35.4 Å². The van der Waals surface area contributed by atoms with Crippen molar-refractivity contribution in [1.82, 2.24) is 5.43 Å². The average Bonchev–Trinajstić information content (AvgIpc) is 2.80. The van der Waals surface area contributed by atoms with Crippen LogP contribution in [0.5, 0.6) is 0 Å². The maximum Gasteiger partial charge on any atom is 0.417 e. The number of alkyl halides is 3. The molecule has 1 heterocycles. The fraction of sp³-hybridized carbons (Fsp3) is 0.500. The molecule has 0 radical (unpaired) electrons. The number of nitrogens with zero attached hydrogens (tertiary/aromatic N) is 1. The van der Waals surface area contributed by atoms with E-state index in [0.717, 1.165) is 6.07 Å². The Kier molecular flexibility index (Phi) is 3.30. The number of nitrogens with one attached hydrogen (secondary N) is 1. The van der Waals surface area contributed by atoms with Gasteiger partial charge >= 0.3 is 6.18 Å². The molecule has 1 aromatic carbocycles. The molecule has 1 N–H and O–H groups in total. The van der Waals surface area contributed by atoms with E-state index < -0.39 is 17.7 Å². The van der Waals surface area contributed by atoms with Crippen LogP contribution < -0.4 is 5.43 Å². The summed E-state index contributed by atoms with van der Waals surface area (Å²) in [6.07, 6.45) is -3.39. The molecule has 3 nitrogen and oxygen atoms in total. The zero-order chi connectivity index (χ0) is 16.1. The Hall–Kier alpha value is -1.85. The summed E-state index contributed by atoms with van der Waals surface area (Å²) >= 11 is 0. The number of carbonyl (C=O) groups excluding carboxylic acids is 1.